The number of likely N-dealkylation sites (N-methyl/N-ethyl adjacent to an activating group) is 1. The van der Waals surface area contributed by atoms with E-state index >= 15 is 0 Å². The molecule has 0 fully saturated rings. The van der Waals surface area contributed by atoms with Gasteiger partial charge in [0.1, 0.15) is 5.75 Å². The fourth-order valence-corrected chi connectivity index (χ4v) is 3.75. The lowest BCUT2D eigenvalue weighted by Gasteiger charge is -2.19. The van der Waals surface area contributed by atoms with Crippen molar-refractivity contribution in [2.24, 2.45) is 0 Å². The minimum atomic E-state index is -0.0609. The predicted molar refractivity (Wildman–Crippen MR) is 116 cm³/mol. The molecule has 0 saturated heterocycles. The quantitative estimate of drug-likeness (QED) is 0.596. The van der Waals surface area contributed by atoms with Crippen LogP contribution in [0.4, 0.5) is 5.13 Å². The van der Waals surface area contributed by atoms with E-state index in [9.17, 15) is 4.79 Å². The van der Waals surface area contributed by atoms with Crippen molar-refractivity contribution < 1.29 is 14.4 Å². The molecule has 0 bridgehead atoms. The molecule has 3 rings (SSSR count). The zero-order valence-electron chi connectivity index (χ0n) is 16.5. The van der Waals surface area contributed by atoms with Crippen LogP contribution >= 0.6 is 11.3 Å². The van der Waals surface area contributed by atoms with Crippen LogP contribution in [0.25, 0.3) is 16.3 Å². The number of nitrogens with one attached hydrogen (secondary N) is 1. The van der Waals surface area contributed by atoms with Crippen LogP contribution in [0.15, 0.2) is 54.6 Å². The number of aromatic nitrogens is 1. The Morgan fingerprint density at radius 2 is 2.00 bits per heavy atom. The molecule has 0 unspecified atom stereocenters. The fraction of sp³-hybridized carbons (Fsp3) is 0.273. The van der Waals surface area contributed by atoms with Gasteiger partial charge in [-0.05, 0) is 36.8 Å². The summed E-state index contributed by atoms with van der Waals surface area (Å²) in [5.74, 6) is 0.763. The molecule has 2 aromatic carbocycles. The highest BCUT2D eigenvalue weighted by atomic mass is 32.1. The van der Waals surface area contributed by atoms with Gasteiger partial charge in [0.15, 0.2) is 5.13 Å². The average molecular weight is 397 g/mol. The number of fused-ring (bicyclic) bond motifs is 1. The molecule has 0 spiro atoms. The van der Waals surface area contributed by atoms with Crippen molar-refractivity contribution in [3.63, 3.8) is 0 Å². The van der Waals surface area contributed by atoms with Gasteiger partial charge in [-0.1, -0.05) is 41.7 Å². The first kappa shape index (κ1) is 20.0. The van der Waals surface area contributed by atoms with Gasteiger partial charge in [-0.25, -0.2) is 4.98 Å². The lowest BCUT2D eigenvalue weighted by Crippen LogP contribution is -3.06. The van der Waals surface area contributed by atoms with Crippen LogP contribution in [-0.2, 0) is 4.79 Å². The highest BCUT2D eigenvalue weighted by molar-refractivity contribution is 7.22. The third kappa shape index (κ3) is 5.18. The monoisotopic (exact) mass is 396 g/mol. The first-order valence-corrected chi connectivity index (χ1v) is 10.3. The van der Waals surface area contributed by atoms with E-state index in [0.29, 0.717) is 18.3 Å². The molecular formula is C22H26N3O2S+. The molecule has 0 aliphatic carbocycles. The number of hydrogen-bond acceptors (Lipinski definition) is 4. The summed E-state index contributed by atoms with van der Waals surface area (Å²) in [5.41, 5.74) is 1.88. The standard InChI is InChI=1S/C22H25N3O2S/c1-4-27-18-11-12-19-20(16-18)28-22(23-19)25(15-14-24(2)3)21(26)13-10-17-8-6-5-7-9-17/h5-13,16H,4,14-15H2,1-3H3/p+1/b13-10+. The number of ether oxygens (including phenoxy) is 1. The number of carbonyl (C=O) groups is 1. The Morgan fingerprint density at radius 3 is 2.71 bits per heavy atom. The average Bonchev–Trinajstić information content (AvgIpc) is 3.10. The number of nitrogens with zero attached hydrogens (tertiary/aromatic N) is 2. The van der Waals surface area contributed by atoms with E-state index in [4.69, 9.17) is 9.72 Å². The Morgan fingerprint density at radius 1 is 1.21 bits per heavy atom. The zero-order chi connectivity index (χ0) is 19.9. The van der Waals surface area contributed by atoms with Crippen LogP contribution in [0, 0.1) is 0 Å². The SMILES string of the molecule is CCOc1ccc2nc(N(CC[NH+](C)C)C(=O)/C=C/c3ccccc3)sc2c1. The van der Waals surface area contributed by atoms with Crippen molar-refractivity contribution in [2.75, 3.05) is 38.7 Å². The van der Waals surface area contributed by atoms with E-state index in [1.54, 1.807) is 11.0 Å². The van der Waals surface area contributed by atoms with Crippen LogP contribution < -0.4 is 14.5 Å². The van der Waals surface area contributed by atoms with Crippen molar-refractivity contribution in [1.82, 2.24) is 4.98 Å². The molecule has 1 aromatic heterocycles. The van der Waals surface area contributed by atoms with Crippen LogP contribution in [0.5, 0.6) is 5.75 Å². The number of carbonyl (C=O) groups excluding carboxylic acids is 1. The van der Waals surface area contributed by atoms with Gasteiger partial charge in [-0.15, -0.1) is 0 Å². The summed E-state index contributed by atoms with van der Waals surface area (Å²) in [6, 6.07) is 15.7. The number of anilines is 1. The zero-order valence-corrected chi connectivity index (χ0v) is 17.3. The van der Waals surface area contributed by atoms with E-state index in [1.807, 2.05) is 61.5 Å². The first-order valence-electron chi connectivity index (χ1n) is 9.44. The second-order valence-electron chi connectivity index (χ2n) is 6.75. The van der Waals surface area contributed by atoms with Crippen molar-refractivity contribution in [3.8, 4) is 5.75 Å². The number of quaternary nitrogens is 1. The molecule has 5 nitrogen and oxygen atoms in total. The Kier molecular flexibility index (Phi) is 6.79. The van der Waals surface area contributed by atoms with Gasteiger partial charge in [-0.3, -0.25) is 9.69 Å². The molecule has 0 saturated carbocycles. The number of thiazole rings is 1. The molecule has 0 radical (unpaired) electrons. The molecule has 3 aromatic rings. The van der Waals surface area contributed by atoms with Gasteiger partial charge in [0.05, 0.1) is 44.0 Å². The molecule has 146 valence electrons. The normalized spacial score (nSPS) is 11.4. The highest BCUT2D eigenvalue weighted by Crippen LogP contribution is 2.31. The van der Waals surface area contributed by atoms with E-state index in [-0.39, 0.29) is 5.91 Å². The lowest BCUT2D eigenvalue weighted by atomic mass is 10.2. The van der Waals surface area contributed by atoms with E-state index in [0.717, 1.165) is 28.1 Å². The number of amides is 1. The number of rotatable bonds is 8. The molecular weight excluding hydrogens is 370 g/mol. The van der Waals surface area contributed by atoms with Gasteiger partial charge in [-0.2, -0.15) is 0 Å². The maximum Gasteiger partial charge on any atom is 0.252 e. The van der Waals surface area contributed by atoms with Crippen LogP contribution in [0.2, 0.25) is 0 Å². The van der Waals surface area contributed by atoms with Crippen LogP contribution in [0.3, 0.4) is 0 Å². The third-order valence-corrected chi connectivity index (χ3v) is 5.25. The number of benzene rings is 2. The van der Waals surface area contributed by atoms with E-state index < -0.39 is 0 Å². The molecule has 1 heterocycles. The van der Waals surface area contributed by atoms with Crippen molar-refractivity contribution in [1.29, 1.82) is 0 Å². The second-order valence-corrected chi connectivity index (χ2v) is 7.76. The Hall–Kier alpha value is -2.70. The van der Waals surface area contributed by atoms with E-state index in [2.05, 4.69) is 14.1 Å². The van der Waals surface area contributed by atoms with Gasteiger partial charge in [0.25, 0.3) is 5.91 Å². The molecule has 0 aliphatic rings. The van der Waals surface area contributed by atoms with Crippen LogP contribution in [0.1, 0.15) is 12.5 Å². The summed E-state index contributed by atoms with van der Waals surface area (Å²) in [5, 5.41) is 0.715. The maximum absolute atomic E-state index is 12.9. The van der Waals surface area contributed by atoms with Gasteiger partial charge >= 0.3 is 0 Å². The molecule has 1 N–H and O–H groups in total. The summed E-state index contributed by atoms with van der Waals surface area (Å²) < 4.78 is 6.60. The molecule has 6 heteroatoms. The smallest absolute Gasteiger partial charge is 0.252 e. The van der Waals surface area contributed by atoms with Crippen molar-refractivity contribution in [3.05, 3.63) is 60.2 Å². The molecule has 1 amide bonds. The van der Waals surface area contributed by atoms with Crippen molar-refractivity contribution >= 4 is 38.7 Å². The Bertz CT molecular complexity index is 951. The maximum atomic E-state index is 12.9. The Labute approximate surface area is 169 Å². The summed E-state index contributed by atoms with van der Waals surface area (Å²) >= 11 is 1.52. The van der Waals surface area contributed by atoms with Crippen molar-refractivity contribution in [2.45, 2.75) is 6.92 Å². The number of hydrogen-bond donors (Lipinski definition) is 1. The Balaban J connectivity index is 1.87. The first-order chi connectivity index (χ1) is 13.6. The summed E-state index contributed by atoms with van der Waals surface area (Å²) in [6.45, 7) is 4.03. The van der Waals surface area contributed by atoms with E-state index in [1.165, 1.54) is 16.2 Å². The van der Waals surface area contributed by atoms with Gasteiger partial charge < -0.3 is 9.64 Å². The third-order valence-electron chi connectivity index (χ3n) is 4.21. The second kappa shape index (κ2) is 9.48. The lowest BCUT2D eigenvalue weighted by molar-refractivity contribution is -0.856. The predicted octanol–water partition coefficient (Wildman–Crippen LogP) is 2.89. The largest absolute Gasteiger partial charge is 0.494 e. The van der Waals surface area contributed by atoms with Gasteiger partial charge in [0, 0.05) is 6.08 Å². The summed E-state index contributed by atoms with van der Waals surface area (Å²) in [6.07, 6.45) is 3.47. The highest BCUT2D eigenvalue weighted by Gasteiger charge is 2.19. The summed E-state index contributed by atoms with van der Waals surface area (Å²) in [7, 11) is 4.16. The minimum absolute atomic E-state index is 0.0609. The molecule has 28 heavy (non-hydrogen) atoms. The summed E-state index contributed by atoms with van der Waals surface area (Å²) in [4.78, 5) is 20.7. The van der Waals surface area contributed by atoms with Crippen LogP contribution in [-0.4, -0.2) is 44.7 Å². The molecule has 0 atom stereocenters. The molecule has 0 aliphatic heterocycles. The topological polar surface area (TPSA) is 46.9 Å². The van der Waals surface area contributed by atoms with Gasteiger partial charge in [0.2, 0.25) is 0 Å². The minimum Gasteiger partial charge on any atom is -0.494 e. The fourth-order valence-electron chi connectivity index (χ4n) is 2.72.